The Morgan fingerprint density at radius 1 is 1.27 bits per heavy atom. The summed E-state index contributed by atoms with van der Waals surface area (Å²) in [5.41, 5.74) is 0.947. The molecule has 2 aromatic carbocycles. The molecule has 0 saturated heterocycles. The van der Waals surface area contributed by atoms with Gasteiger partial charge in [-0.15, -0.1) is 17.9 Å². The summed E-state index contributed by atoms with van der Waals surface area (Å²) in [5, 5.41) is 8.33. The molecule has 4 aromatic rings. The third-order valence-corrected chi connectivity index (χ3v) is 6.63. The number of carbonyl (C=O) groups excluding carboxylic acids is 1. The minimum absolute atomic E-state index is 0.103. The van der Waals surface area contributed by atoms with Gasteiger partial charge in [-0.3, -0.25) is 14.2 Å². The van der Waals surface area contributed by atoms with Gasteiger partial charge in [0.05, 0.1) is 17.2 Å². The van der Waals surface area contributed by atoms with Crippen molar-refractivity contribution in [2.45, 2.75) is 24.7 Å². The molecule has 2 aromatic heterocycles. The van der Waals surface area contributed by atoms with Crippen molar-refractivity contribution in [2.24, 2.45) is 0 Å². The largest absolute Gasteiger partial charge is 0.349 e. The summed E-state index contributed by atoms with van der Waals surface area (Å²) in [4.78, 5) is 30.5. The second-order valence-electron chi connectivity index (χ2n) is 6.92. The zero-order valence-corrected chi connectivity index (χ0v) is 18.1. The van der Waals surface area contributed by atoms with Crippen LogP contribution in [0, 0.1) is 0 Å². The van der Waals surface area contributed by atoms with E-state index < -0.39 is 0 Å². The molecule has 7 heteroatoms. The molecule has 0 spiro atoms. The van der Waals surface area contributed by atoms with E-state index in [1.807, 2.05) is 30.5 Å². The lowest BCUT2D eigenvalue weighted by Crippen LogP contribution is -2.29. The zero-order valence-electron chi connectivity index (χ0n) is 16.5. The molecule has 1 unspecified atom stereocenters. The summed E-state index contributed by atoms with van der Waals surface area (Å²) >= 11 is 2.69. The molecule has 1 amide bonds. The Bertz CT molecular complexity index is 1290. The summed E-state index contributed by atoms with van der Waals surface area (Å²) in [7, 11) is 0. The van der Waals surface area contributed by atoms with Crippen molar-refractivity contribution in [1.82, 2.24) is 14.9 Å². The second kappa shape index (κ2) is 8.85. The highest BCUT2D eigenvalue weighted by Crippen LogP contribution is 2.23. The smallest absolute Gasteiger partial charge is 0.263 e. The van der Waals surface area contributed by atoms with Crippen molar-refractivity contribution in [3.63, 3.8) is 0 Å². The van der Waals surface area contributed by atoms with Crippen molar-refractivity contribution >= 4 is 50.0 Å². The number of thioether (sulfide) groups is 1. The topological polar surface area (TPSA) is 64.0 Å². The molecule has 0 radical (unpaired) electrons. The third kappa shape index (κ3) is 4.17. The van der Waals surface area contributed by atoms with Gasteiger partial charge in [-0.2, -0.15) is 0 Å². The van der Waals surface area contributed by atoms with E-state index in [0.29, 0.717) is 21.9 Å². The van der Waals surface area contributed by atoms with Gasteiger partial charge >= 0.3 is 0 Å². The molecule has 0 bridgehead atoms. The SMILES string of the molecule is C=CCn1c(SCC(=O)NC(C)c2ccc3ccccc3c2)nc2sccc2c1=O. The fraction of sp³-hybridized carbons (Fsp3) is 0.174. The van der Waals surface area contributed by atoms with Crippen LogP contribution in [0.15, 0.2) is 76.5 Å². The maximum atomic E-state index is 12.7. The van der Waals surface area contributed by atoms with Crippen LogP contribution < -0.4 is 10.9 Å². The average molecular weight is 436 g/mol. The number of hydrogen-bond acceptors (Lipinski definition) is 5. The van der Waals surface area contributed by atoms with Gasteiger partial charge in [-0.1, -0.05) is 54.2 Å². The Hall–Kier alpha value is -2.90. The van der Waals surface area contributed by atoms with E-state index in [-0.39, 0.29) is 23.3 Å². The molecule has 0 aliphatic carbocycles. The van der Waals surface area contributed by atoms with Gasteiger partial charge in [0.15, 0.2) is 5.16 Å². The Labute approximate surface area is 182 Å². The zero-order chi connectivity index (χ0) is 21.1. The maximum absolute atomic E-state index is 12.7. The fourth-order valence-corrected chi connectivity index (χ4v) is 4.93. The second-order valence-corrected chi connectivity index (χ2v) is 8.76. The van der Waals surface area contributed by atoms with Crippen LogP contribution >= 0.6 is 23.1 Å². The number of nitrogens with one attached hydrogen (secondary N) is 1. The molecule has 4 rings (SSSR count). The van der Waals surface area contributed by atoms with Crippen LogP contribution in [0.25, 0.3) is 21.0 Å². The molecule has 0 saturated carbocycles. The van der Waals surface area contributed by atoms with Gasteiger partial charge < -0.3 is 5.32 Å². The highest BCUT2D eigenvalue weighted by molar-refractivity contribution is 7.99. The van der Waals surface area contributed by atoms with Gasteiger partial charge in [0, 0.05) is 6.54 Å². The van der Waals surface area contributed by atoms with Gasteiger partial charge in [0.25, 0.3) is 5.56 Å². The van der Waals surface area contributed by atoms with E-state index in [1.165, 1.54) is 28.5 Å². The summed E-state index contributed by atoms with van der Waals surface area (Å²) in [6.07, 6.45) is 1.66. The Morgan fingerprint density at radius 2 is 2.07 bits per heavy atom. The highest BCUT2D eigenvalue weighted by Gasteiger charge is 2.15. The number of rotatable bonds is 7. The number of benzene rings is 2. The molecule has 2 heterocycles. The summed E-state index contributed by atoms with van der Waals surface area (Å²) in [5.74, 6) is 0.0737. The molecule has 1 atom stereocenters. The number of amides is 1. The maximum Gasteiger partial charge on any atom is 0.263 e. The molecular formula is C23H21N3O2S2. The monoisotopic (exact) mass is 435 g/mol. The first-order valence-electron chi connectivity index (χ1n) is 9.56. The van der Waals surface area contributed by atoms with Gasteiger partial charge in [0.2, 0.25) is 5.91 Å². The number of allylic oxidation sites excluding steroid dienone is 1. The van der Waals surface area contributed by atoms with E-state index in [1.54, 1.807) is 16.7 Å². The summed E-state index contributed by atoms with van der Waals surface area (Å²) < 4.78 is 1.56. The van der Waals surface area contributed by atoms with Gasteiger partial charge in [-0.25, -0.2) is 4.98 Å². The predicted octanol–water partition coefficient (Wildman–Crippen LogP) is 4.77. The standard InChI is InChI=1S/C23H21N3O2S2/c1-3-11-26-22(28)19-10-12-29-21(19)25-23(26)30-14-20(27)24-15(2)17-9-8-16-6-4-5-7-18(16)13-17/h3-10,12-13,15H,1,11,14H2,2H3,(H,24,27). The van der Waals surface area contributed by atoms with E-state index in [2.05, 4.69) is 41.1 Å². The van der Waals surface area contributed by atoms with Crippen LogP contribution in [-0.4, -0.2) is 21.2 Å². The van der Waals surface area contributed by atoms with E-state index in [9.17, 15) is 9.59 Å². The molecule has 1 N–H and O–H groups in total. The van der Waals surface area contributed by atoms with Crippen LogP contribution in [0.4, 0.5) is 0 Å². The lowest BCUT2D eigenvalue weighted by Gasteiger charge is -2.15. The lowest BCUT2D eigenvalue weighted by atomic mass is 10.0. The van der Waals surface area contributed by atoms with Crippen molar-refractivity contribution in [3.05, 3.63) is 82.5 Å². The third-order valence-electron chi connectivity index (χ3n) is 4.84. The Morgan fingerprint density at radius 3 is 2.87 bits per heavy atom. The molecule has 5 nitrogen and oxygen atoms in total. The van der Waals surface area contributed by atoms with Crippen molar-refractivity contribution in [1.29, 1.82) is 0 Å². The summed E-state index contributed by atoms with van der Waals surface area (Å²) in [6.45, 7) is 6.05. The number of nitrogens with zero attached hydrogens (tertiary/aromatic N) is 2. The first-order chi connectivity index (χ1) is 14.6. The number of thiophene rings is 1. The van der Waals surface area contributed by atoms with E-state index in [4.69, 9.17) is 0 Å². The van der Waals surface area contributed by atoms with Crippen LogP contribution in [0.2, 0.25) is 0 Å². The average Bonchev–Trinajstić information content (AvgIpc) is 3.23. The van der Waals surface area contributed by atoms with Crippen LogP contribution in [0.3, 0.4) is 0 Å². The van der Waals surface area contributed by atoms with Gasteiger partial charge in [0.1, 0.15) is 4.83 Å². The van der Waals surface area contributed by atoms with Crippen molar-refractivity contribution in [2.75, 3.05) is 5.75 Å². The molecule has 0 aliphatic heterocycles. The van der Waals surface area contributed by atoms with Crippen LogP contribution in [0.5, 0.6) is 0 Å². The van der Waals surface area contributed by atoms with E-state index in [0.717, 1.165) is 10.9 Å². The quantitative estimate of drug-likeness (QED) is 0.258. The minimum atomic E-state index is -0.120. The first-order valence-corrected chi connectivity index (χ1v) is 11.4. The number of hydrogen-bond donors (Lipinski definition) is 1. The minimum Gasteiger partial charge on any atom is -0.349 e. The molecular weight excluding hydrogens is 414 g/mol. The van der Waals surface area contributed by atoms with Crippen molar-refractivity contribution in [3.8, 4) is 0 Å². The molecule has 0 aliphatic rings. The number of aromatic nitrogens is 2. The number of carbonyl (C=O) groups is 1. The summed E-state index contributed by atoms with van der Waals surface area (Å²) in [6, 6.07) is 16.0. The van der Waals surface area contributed by atoms with Crippen LogP contribution in [-0.2, 0) is 11.3 Å². The molecule has 0 fully saturated rings. The first kappa shape index (κ1) is 20.4. The fourth-order valence-electron chi connectivity index (χ4n) is 3.30. The molecule has 30 heavy (non-hydrogen) atoms. The molecule has 152 valence electrons. The predicted molar refractivity (Wildman–Crippen MR) is 125 cm³/mol. The van der Waals surface area contributed by atoms with Gasteiger partial charge in [-0.05, 0) is 40.8 Å². The highest BCUT2D eigenvalue weighted by atomic mass is 32.2. The Balaban J connectivity index is 1.47. The van der Waals surface area contributed by atoms with Crippen molar-refractivity contribution < 1.29 is 4.79 Å². The van der Waals surface area contributed by atoms with Crippen LogP contribution in [0.1, 0.15) is 18.5 Å². The van der Waals surface area contributed by atoms with E-state index >= 15 is 0 Å². The number of fused-ring (bicyclic) bond motifs is 2. The lowest BCUT2D eigenvalue weighted by molar-refractivity contribution is -0.119. The Kier molecular flexibility index (Phi) is 6.01. The normalized spacial score (nSPS) is 12.2.